The first-order valence-corrected chi connectivity index (χ1v) is 6.67. The van der Waals surface area contributed by atoms with E-state index in [1.807, 2.05) is 24.3 Å². The van der Waals surface area contributed by atoms with E-state index in [0.29, 0.717) is 11.5 Å². The van der Waals surface area contributed by atoms with Gasteiger partial charge in [0.05, 0.1) is 37.1 Å². The molecule has 0 atom stereocenters. The summed E-state index contributed by atoms with van der Waals surface area (Å²) in [6.07, 6.45) is 1.78. The molecule has 0 aliphatic carbocycles. The topological polar surface area (TPSA) is 44.2 Å². The minimum Gasteiger partial charge on any atom is -0.493 e. The van der Waals surface area contributed by atoms with Crippen molar-refractivity contribution in [2.75, 3.05) is 14.2 Å². The number of hydrogen-bond acceptors (Lipinski definition) is 4. The van der Waals surface area contributed by atoms with E-state index < -0.39 is 0 Å². The summed E-state index contributed by atoms with van der Waals surface area (Å²) in [6, 6.07) is 11.9. The molecule has 0 saturated heterocycles. The number of hydrogen-bond donors (Lipinski definition) is 0. The van der Waals surface area contributed by atoms with Crippen molar-refractivity contribution in [3.05, 3.63) is 48.2 Å². The van der Waals surface area contributed by atoms with Crippen LogP contribution in [0.3, 0.4) is 0 Å². The Hall–Kier alpha value is -2.62. The molecule has 106 valence electrons. The normalized spacial score (nSPS) is 10.6. The highest BCUT2D eigenvalue weighted by Gasteiger charge is 2.09. The van der Waals surface area contributed by atoms with Crippen LogP contribution in [0.4, 0.5) is 0 Å². The van der Waals surface area contributed by atoms with Crippen molar-refractivity contribution >= 4 is 11.0 Å². The average molecular weight is 280 g/mol. The molecule has 0 radical (unpaired) electrons. The maximum absolute atomic E-state index is 5.31. The second-order valence-electron chi connectivity index (χ2n) is 4.82. The van der Waals surface area contributed by atoms with E-state index in [2.05, 4.69) is 29.0 Å². The van der Waals surface area contributed by atoms with Crippen LogP contribution in [0.2, 0.25) is 0 Å². The Bertz CT molecular complexity index is 783. The van der Waals surface area contributed by atoms with Gasteiger partial charge in [-0.05, 0) is 6.92 Å². The van der Waals surface area contributed by atoms with Gasteiger partial charge in [0.15, 0.2) is 11.5 Å². The third kappa shape index (κ3) is 2.52. The van der Waals surface area contributed by atoms with Gasteiger partial charge in [0, 0.05) is 17.7 Å². The smallest absolute Gasteiger partial charge is 0.163 e. The third-order valence-corrected chi connectivity index (χ3v) is 3.39. The summed E-state index contributed by atoms with van der Waals surface area (Å²) in [7, 11) is 3.22. The molecule has 0 spiro atoms. The predicted molar refractivity (Wildman–Crippen MR) is 82.8 cm³/mol. The molecular weight excluding hydrogens is 264 g/mol. The zero-order chi connectivity index (χ0) is 14.8. The van der Waals surface area contributed by atoms with Crippen molar-refractivity contribution in [3.63, 3.8) is 0 Å². The van der Waals surface area contributed by atoms with Crippen LogP contribution in [0.15, 0.2) is 42.6 Å². The van der Waals surface area contributed by atoms with Crippen molar-refractivity contribution in [2.45, 2.75) is 6.92 Å². The molecule has 0 bridgehead atoms. The second-order valence-corrected chi connectivity index (χ2v) is 4.82. The highest BCUT2D eigenvalue weighted by molar-refractivity contribution is 5.81. The summed E-state index contributed by atoms with van der Waals surface area (Å²) in [5.41, 5.74) is 4.67. The molecule has 0 N–H and O–H groups in total. The zero-order valence-electron chi connectivity index (χ0n) is 12.3. The summed E-state index contributed by atoms with van der Waals surface area (Å²) in [4.78, 5) is 9.13. The maximum atomic E-state index is 5.31. The Morgan fingerprint density at radius 3 is 2.10 bits per heavy atom. The van der Waals surface area contributed by atoms with Crippen LogP contribution in [0.1, 0.15) is 5.56 Å². The third-order valence-electron chi connectivity index (χ3n) is 3.39. The Balaban J connectivity index is 2.13. The first-order valence-electron chi connectivity index (χ1n) is 6.67. The fourth-order valence-electron chi connectivity index (χ4n) is 2.20. The van der Waals surface area contributed by atoms with Gasteiger partial charge < -0.3 is 9.47 Å². The number of benzene rings is 2. The summed E-state index contributed by atoms with van der Waals surface area (Å²) < 4.78 is 10.6. The minimum absolute atomic E-state index is 0.653. The minimum atomic E-state index is 0.653. The molecule has 0 fully saturated rings. The lowest BCUT2D eigenvalue weighted by Gasteiger charge is -2.09. The van der Waals surface area contributed by atoms with Crippen LogP contribution in [0.5, 0.6) is 11.5 Å². The summed E-state index contributed by atoms with van der Waals surface area (Å²) in [6.45, 7) is 2.06. The monoisotopic (exact) mass is 280 g/mol. The van der Waals surface area contributed by atoms with E-state index in [4.69, 9.17) is 9.47 Å². The first kappa shape index (κ1) is 13.4. The summed E-state index contributed by atoms with van der Waals surface area (Å²) in [5.74, 6) is 1.31. The molecular formula is C17H16N2O2. The van der Waals surface area contributed by atoms with Crippen LogP contribution in [0.25, 0.3) is 22.3 Å². The molecule has 3 rings (SSSR count). The lowest BCUT2D eigenvalue weighted by molar-refractivity contribution is 0.355. The number of fused-ring (bicyclic) bond motifs is 1. The van der Waals surface area contributed by atoms with E-state index in [-0.39, 0.29) is 0 Å². The standard InChI is InChI=1S/C17H16N2O2/c1-11-4-6-12(7-5-11)15-10-18-13-8-16(20-2)17(21-3)9-14(13)19-15/h4-10H,1-3H3. The van der Waals surface area contributed by atoms with Crippen molar-refractivity contribution in [1.29, 1.82) is 0 Å². The summed E-state index contributed by atoms with van der Waals surface area (Å²) in [5, 5.41) is 0. The fraction of sp³-hybridized carbons (Fsp3) is 0.176. The van der Waals surface area contributed by atoms with E-state index in [0.717, 1.165) is 22.3 Å². The Labute approximate surface area is 123 Å². The SMILES string of the molecule is COc1cc2ncc(-c3ccc(C)cc3)nc2cc1OC. The predicted octanol–water partition coefficient (Wildman–Crippen LogP) is 3.62. The quantitative estimate of drug-likeness (QED) is 0.735. The highest BCUT2D eigenvalue weighted by Crippen LogP contribution is 2.31. The van der Waals surface area contributed by atoms with Gasteiger partial charge in [-0.15, -0.1) is 0 Å². The number of ether oxygens (including phenoxy) is 2. The first-order chi connectivity index (χ1) is 10.2. The molecule has 2 aromatic carbocycles. The van der Waals surface area contributed by atoms with Crippen LogP contribution in [-0.4, -0.2) is 24.2 Å². The Morgan fingerprint density at radius 1 is 0.857 bits per heavy atom. The molecule has 0 unspecified atom stereocenters. The van der Waals surface area contributed by atoms with Gasteiger partial charge in [-0.25, -0.2) is 4.98 Å². The number of methoxy groups -OCH3 is 2. The molecule has 4 nitrogen and oxygen atoms in total. The van der Waals surface area contributed by atoms with Gasteiger partial charge >= 0.3 is 0 Å². The van der Waals surface area contributed by atoms with Crippen LogP contribution < -0.4 is 9.47 Å². The van der Waals surface area contributed by atoms with Crippen LogP contribution in [0, 0.1) is 6.92 Å². The largest absolute Gasteiger partial charge is 0.493 e. The van der Waals surface area contributed by atoms with Crippen LogP contribution >= 0.6 is 0 Å². The Kier molecular flexibility index (Phi) is 3.44. The van der Waals surface area contributed by atoms with Gasteiger partial charge in [0.1, 0.15) is 0 Å². The summed E-state index contributed by atoms with van der Waals surface area (Å²) >= 11 is 0. The molecule has 1 heterocycles. The number of nitrogens with zero attached hydrogens (tertiary/aromatic N) is 2. The van der Waals surface area contributed by atoms with Gasteiger partial charge in [-0.2, -0.15) is 0 Å². The van der Waals surface area contributed by atoms with E-state index >= 15 is 0 Å². The number of aromatic nitrogens is 2. The van der Waals surface area contributed by atoms with Gasteiger partial charge in [0.25, 0.3) is 0 Å². The maximum Gasteiger partial charge on any atom is 0.163 e. The van der Waals surface area contributed by atoms with Crippen LogP contribution in [-0.2, 0) is 0 Å². The molecule has 0 aliphatic rings. The molecule has 4 heteroatoms. The fourth-order valence-corrected chi connectivity index (χ4v) is 2.20. The molecule has 1 aromatic heterocycles. The lowest BCUT2D eigenvalue weighted by Crippen LogP contribution is -1.94. The van der Waals surface area contributed by atoms with Gasteiger partial charge in [-0.3, -0.25) is 4.98 Å². The molecule has 0 saturated carbocycles. The van der Waals surface area contributed by atoms with Gasteiger partial charge in [0.2, 0.25) is 0 Å². The molecule has 21 heavy (non-hydrogen) atoms. The molecule has 0 aliphatic heterocycles. The van der Waals surface area contributed by atoms with E-state index in [1.54, 1.807) is 20.4 Å². The number of rotatable bonds is 3. The zero-order valence-corrected chi connectivity index (χ0v) is 12.3. The molecule has 0 amide bonds. The van der Waals surface area contributed by atoms with Crippen molar-refractivity contribution in [2.24, 2.45) is 0 Å². The second kappa shape index (κ2) is 5.40. The average Bonchev–Trinajstić information content (AvgIpc) is 2.53. The number of aryl methyl sites for hydroxylation is 1. The van der Waals surface area contributed by atoms with Crippen molar-refractivity contribution in [3.8, 4) is 22.8 Å². The van der Waals surface area contributed by atoms with E-state index in [9.17, 15) is 0 Å². The van der Waals surface area contributed by atoms with Gasteiger partial charge in [-0.1, -0.05) is 29.8 Å². The molecule has 3 aromatic rings. The van der Waals surface area contributed by atoms with E-state index in [1.165, 1.54) is 5.56 Å². The lowest BCUT2D eigenvalue weighted by atomic mass is 10.1. The van der Waals surface area contributed by atoms with Crippen molar-refractivity contribution in [1.82, 2.24) is 9.97 Å². The van der Waals surface area contributed by atoms with Crippen molar-refractivity contribution < 1.29 is 9.47 Å². The Morgan fingerprint density at radius 2 is 1.48 bits per heavy atom. The highest BCUT2D eigenvalue weighted by atomic mass is 16.5.